The molecule has 0 aliphatic heterocycles. The molecule has 0 bridgehead atoms. The summed E-state index contributed by atoms with van der Waals surface area (Å²) < 4.78 is 4.91. The molecule has 94 valence electrons. The molecule has 2 N–H and O–H groups in total. The predicted molar refractivity (Wildman–Crippen MR) is 59.6 cm³/mol. The van der Waals surface area contributed by atoms with E-state index in [2.05, 4.69) is 10.3 Å². The summed E-state index contributed by atoms with van der Waals surface area (Å²) in [5, 5.41) is 11.5. The van der Waals surface area contributed by atoms with E-state index >= 15 is 0 Å². The van der Waals surface area contributed by atoms with Crippen molar-refractivity contribution >= 4 is 11.9 Å². The second kappa shape index (κ2) is 6.03. The number of nitrogens with zero attached hydrogens (tertiary/aromatic N) is 1. The van der Waals surface area contributed by atoms with Crippen LogP contribution in [0.2, 0.25) is 0 Å². The van der Waals surface area contributed by atoms with Crippen molar-refractivity contribution in [3.05, 3.63) is 17.8 Å². The Kier molecular flexibility index (Phi) is 4.68. The molecule has 0 fully saturated rings. The van der Waals surface area contributed by atoms with Gasteiger partial charge in [-0.25, -0.2) is 4.98 Å². The molecule has 0 radical (unpaired) electrons. The zero-order valence-electron chi connectivity index (χ0n) is 9.90. The van der Waals surface area contributed by atoms with Crippen LogP contribution in [-0.4, -0.2) is 28.5 Å². The Morgan fingerprint density at radius 1 is 1.59 bits per heavy atom. The van der Waals surface area contributed by atoms with Crippen molar-refractivity contribution in [1.29, 1.82) is 0 Å². The van der Waals surface area contributed by atoms with Crippen LogP contribution in [0.1, 0.15) is 36.0 Å². The molecule has 1 aromatic rings. The van der Waals surface area contributed by atoms with Gasteiger partial charge in [0.15, 0.2) is 6.39 Å². The standard InChI is InChI=1S/C11H16N2O4/c1-3-4-8(11(15)16)5-12-10(14)9-7(2)13-6-17-9/h6,8H,3-5H2,1-2H3,(H,12,14)(H,15,16). The van der Waals surface area contributed by atoms with Gasteiger partial charge in [-0.1, -0.05) is 13.3 Å². The van der Waals surface area contributed by atoms with Crippen LogP contribution >= 0.6 is 0 Å². The molecule has 1 heterocycles. The maximum absolute atomic E-state index is 11.6. The Labute approximate surface area is 99.0 Å². The van der Waals surface area contributed by atoms with Crippen LogP contribution in [0.15, 0.2) is 10.8 Å². The van der Waals surface area contributed by atoms with Crippen molar-refractivity contribution in [3.8, 4) is 0 Å². The van der Waals surface area contributed by atoms with E-state index in [0.717, 1.165) is 6.42 Å². The molecule has 1 amide bonds. The van der Waals surface area contributed by atoms with Crippen LogP contribution in [0.4, 0.5) is 0 Å². The summed E-state index contributed by atoms with van der Waals surface area (Å²) in [6.45, 7) is 3.65. The van der Waals surface area contributed by atoms with E-state index in [0.29, 0.717) is 12.1 Å². The van der Waals surface area contributed by atoms with E-state index in [9.17, 15) is 9.59 Å². The maximum Gasteiger partial charge on any atom is 0.308 e. The fraction of sp³-hybridized carbons (Fsp3) is 0.545. The highest BCUT2D eigenvalue weighted by Crippen LogP contribution is 2.07. The van der Waals surface area contributed by atoms with Crippen molar-refractivity contribution in [2.45, 2.75) is 26.7 Å². The summed E-state index contributed by atoms with van der Waals surface area (Å²) in [6.07, 6.45) is 2.48. The van der Waals surface area contributed by atoms with Crippen LogP contribution in [0.5, 0.6) is 0 Å². The van der Waals surface area contributed by atoms with E-state index in [1.54, 1.807) is 6.92 Å². The van der Waals surface area contributed by atoms with Crippen molar-refractivity contribution < 1.29 is 19.1 Å². The summed E-state index contributed by atoms with van der Waals surface area (Å²) in [5.41, 5.74) is 0.491. The smallest absolute Gasteiger partial charge is 0.308 e. The molecule has 0 aliphatic rings. The minimum absolute atomic E-state index is 0.0994. The molecule has 0 spiro atoms. The number of rotatable bonds is 6. The number of aryl methyl sites for hydroxylation is 1. The second-order valence-electron chi connectivity index (χ2n) is 3.80. The minimum Gasteiger partial charge on any atom is -0.481 e. The van der Waals surface area contributed by atoms with Gasteiger partial charge in [0.2, 0.25) is 5.76 Å². The molecule has 6 heteroatoms. The Hall–Kier alpha value is -1.85. The normalized spacial score (nSPS) is 12.1. The number of carboxylic acids is 1. The van der Waals surface area contributed by atoms with E-state index in [4.69, 9.17) is 9.52 Å². The van der Waals surface area contributed by atoms with E-state index in [1.165, 1.54) is 6.39 Å². The highest BCUT2D eigenvalue weighted by molar-refractivity contribution is 5.92. The summed E-state index contributed by atoms with van der Waals surface area (Å²) in [6, 6.07) is 0. The highest BCUT2D eigenvalue weighted by Gasteiger charge is 2.19. The lowest BCUT2D eigenvalue weighted by molar-refractivity contribution is -0.141. The lowest BCUT2D eigenvalue weighted by atomic mass is 10.0. The first-order valence-corrected chi connectivity index (χ1v) is 5.47. The molecule has 0 saturated heterocycles. The summed E-state index contributed by atoms with van der Waals surface area (Å²) in [4.78, 5) is 26.3. The van der Waals surface area contributed by atoms with Crippen LogP contribution in [-0.2, 0) is 4.79 Å². The Morgan fingerprint density at radius 3 is 2.76 bits per heavy atom. The monoisotopic (exact) mass is 240 g/mol. The number of amides is 1. The van der Waals surface area contributed by atoms with Gasteiger partial charge in [-0.3, -0.25) is 9.59 Å². The van der Waals surface area contributed by atoms with Crippen LogP contribution in [0.25, 0.3) is 0 Å². The fourth-order valence-electron chi connectivity index (χ4n) is 1.48. The first-order valence-electron chi connectivity index (χ1n) is 5.47. The minimum atomic E-state index is -0.901. The molecule has 0 aliphatic carbocycles. The van der Waals surface area contributed by atoms with Gasteiger partial charge < -0.3 is 14.8 Å². The van der Waals surface area contributed by atoms with Crippen LogP contribution in [0, 0.1) is 12.8 Å². The summed E-state index contributed by atoms with van der Waals surface area (Å²) in [5.74, 6) is -1.76. The van der Waals surface area contributed by atoms with Gasteiger partial charge in [0.25, 0.3) is 5.91 Å². The molecule has 1 unspecified atom stereocenters. The van der Waals surface area contributed by atoms with Crippen molar-refractivity contribution in [2.75, 3.05) is 6.54 Å². The molecule has 6 nitrogen and oxygen atoms in total. The lowest BCUT2D eigenvalue weighted by Crippen LogP contribution is -2.33. The number of carbonyl (C=O) groups excluding carboxylic acids is 1. The average molecular weight is 240 g/mol. The average Bonchev–Trinajstić information content (AvgIpc) is 2.69. The van der Waals surface area contributed by atoms with Crippen molar-refractivity contribution in [3.63, 3.8) is 0 Å². The quantitative estimate of drug-likeness (QED) is 0.779. The van der Waals surface area contributed by atoms with E-state index < -0.39 is 17.8 Å². The Bertz CT molecular complexity index is 400. The third kappa shape index (κ3) is 3.58. The number of nitrogens with one attached hydrogen (secondary N) is 1. The third-order valence-electron chi connectivity index (χ3n) is 2.45. The SMILES string of the molecule is CCCC(CNC(=O)c1ocnc1C)C(=O)O. The van der Waals surface area contributed by atoms with Gasteiger partial charge >= 0.3 is 5.97 Å². The van der Waals surface area contributed by atoms with Gasteiger partial charge in [-0.05, 0) is 13.3 Å². The van der Waals surface area contributed by atoms with E-state index in [1.807, 2.05) is 6.92 Å². The second-order valence-corrected chi connectivity index (χ2v) is 3.80. The topological polar surface area (TPSA) is 92.4 Å². The first-order chi connectivity index (χ1) is 8.06. The van der Waals surface area contributed by atoms with Crippen LogP contribution in [0.3, 0.4) is 0 Å². The van der Waals surface area contributed by atoms with Gasteiger partial charge in [-0.15, -0.1) is 0 Å². The number of hydrogen-bond acceptors (Lipinski definition) is 4. The molecule has 17 heavy (non-hydrogen) atoms. The highest BCUT2D eigenvalue weighted by atomic mass is 16.4. The van der Waals surface area contributed by atoms with Crippen molar-refractivity contribution in [2.24, 2.45) is 5.92 Å². The Morgan fingerprint density at radius 2 is 2.29 bits per heavy atom. The number of aliphatic carboxylic acids is 1. The Balaban J connectivity index is 2.52. The number of hydrogen-bond donors (Lipinski definition) is 2. The first kappa shape index (κ1) is 13.2. The van der Waals surface area contributed by atoms with E-state index in [-0.39, 0.29) is 12.3 Å². The summed E-state index contributed by atoms with van der Waals surface area (Å²) >= 11 is 0. The molecule has 1 atom stereocenters. The van der Waals surface area contributed by atoms with Crippen molar-refractivity contribution in [1.82, 2.24) is 10.3 Å². The zero-order chi connectivity index (χ0) is 12.8. The third-order valence-corrected chi connectivity index (χ3v) is 2.45. The lowest BCUT2D eigenvalue weighted by Gasteiger charge is -2.11. The molecular weight excluding hydrogens is 224 g/mol. The van der Waals surface area contributed by atoms with Gasteiger partial charge in [0.05, 0.1) is 11.6 Å². The molecule has 1 aromatic heterocycles. The number of carbonyl (C=O) groups is 2. The van der Waals surface area contributed by atoms with Gasteiger partial charge in [0, 0.05) is 6.54 Å². The molecule has 1 rings (SSSR count). The molecule has 0 saturated carbocycles. The number of aromatic nitrogens is 1. The van der Waals surface area contributed by atoms with Gasteiger partial charge in [-0.2, -0.15) is 0 Å². The largest absolute Gasteiger partial charge is 0.481 e. The van der Waals surface area contributed by atoms with Crippen LogP contribution < -0.4 is 5.32 Å². The predicted octanol–water partition coefficient (Wildman–Crippen LogP) is 1.21. The number of carboxylic acid groups (broad SMARTS) is 1. The molecule has 0 aromatic carbocycles. The fourth-order valence-corrected chi connectivity index (χ4v) is 1.48. The maximum atomic E-state index is 11.6. The number of oxazole rings is 1. The molecular formula is C11H16N2O4. The van der Waals surface area contributed by atoms with Gasteiger partial charge in [0.1, 0.15) is 0 Å². The zero-order valence-corrected chi connectivity index (χ0v) is 9.90. The summed E-state index contributed by atoms with van der Waals surface area (Å²) in [7, 11) is 0.